The normalized spacial score (nSPS) is 14.9. The summed E-state index contributed by atoms with van der Waals surface area (Å²) in [4.78, 5) is 45.6. The zero-order chi connectivity index (χ0) is 30.6. The van der Waals surface area contributed by atoms with Crippen LogP contribution in [0.2, 0.25) is 0 Å². The fourth-order valence-electron chi connectivity index (χ4n) is 4.67. The summed E-state index contributed by atoms with van der Waals surface area (Å²) < 4.78 is 49.4. The number of para-hydroxylation sites is 1. The molecular weight excluding hydrogens is 571 g/mol. The number of hydrogen-bond acceptors (Lipinski definition) is 8. The number of hydrogen-bond donors (Lipinski definition) is 4. The molecule has 1 atom stereocenters. The van der Waals surface area contributed by atoms with Crippen molar-refractivity contribution in [2.45, 2.75) is 13.0 Å². The van der Waals surface area contributed by atoms with Gasteiger partial charge in [0, 0.05) is 17.0 Å². The number of halogens is 3. The number of ether oxygens (including phenoxy) is 1. The Bertz CT molecular complexity index is 1950. The number of urea groups is 1. The van der Waals surface area contributed by atoms with Gasteiger partial charge in [0.05, 0.1) is 41.6 Å². The molecule has 2 aromatic carbocycles. The number of pyridine rings is 1. The highest BCUT2D eigenvalue weighted by molar-refractivity contribution is 6.22. The average Bonchev–Trinajstić information content (AvgIpc) is 3.64. The standard InChI is InChI=1S/C28H20F3N7O5/c1-12-5-23(43-25-15(29)3-2-4-16(25)30)33-10-22(12)38-26(32)14(9-34-38)24(40)19-7-13-6-17(31)21(8-18(13)35-19)37-27(41)20(11-39)36-28(37)42/h2-10,20,35,39H,11,32H2,1H3,(H,36,42)/t20-/m1/s1. The molecule has 218 valence electrons. The molecule has 3 aromatic heterocycles. The maximum atomic E-state index is 14.9. The van der Waals surface area contributed by atoms with Crippen molar-refractivity contribution >= 4 is 40.1 Å². The molecule has 1 aliphatic heterocycles. The maximum absolute atomic E-state index is 14.9. The molecule has 0 radical (unpaired) electrons. The van der Waals surface area contributed by atoms with E-state index in [9.17, 15) is 32.7 Å². The van der Waals surface area contributed by atoms with Crippen LogP contribution in [0.5, 0.6) is 11.6 Å². The number of aliphatic hydroxyl groups excluding tert-OH is 1. The second kappa shape index (κ2) is 10.3. The van der Waals surface area contributed by atoms with E-state index in [1.165, 1.54) is 41.3 Å². The Balaban J connectivity index is 1.28. The van der Waals surface area contributed by atoms with Gasteiger partial charge in [0.2, 0.25) is 17.4 Å². The van der Waals surface area contributed by atoms with E-state index in [4.69, 9.17) is 10.5 Å². The summed E-state index contributed by atoms with van der Waals surface area (Å²) in [7, 11) is 0. The molecule has 6 rings (SSSR count). The van der Waals surface area contributed by atoms with Gasteiger partial charge in [-0.15, -0.1) is 0 Å². The van der Waals surface area contributed by atoms with Crippen LogP contribution in [0.15, 0.2) is 54.9 Å². The molecule has 1 aliphatic rings. The number of benzene rings is 2. The number of nitrogen functional groups attached to an aromatic ring is 1. The van der Waals surface area contributed by atoms with E-state index in [-0.39, 0.29) is 39.5 Å². The number of nitrogens with one attached hydrogen (secondary N) is 2. The second-order valence-corrected chi connectivity index (χ2v) is 9.58. The van der Waals surface area contributed by atoms with E-state index >= 15 is 0 Å². The minimum atomic E-state index is -1.19. The highest BCUT2D eigenvalue weighted by atomic mass is 19.1. The number of aryl methyl sites for hydroxylation is 1. The monoisotopic (exact) mass is 591 g/mol. The number of fused-ring (bicyclic) bond motifs is 1. The fourth-order valence-corrected chi connectivity index (χ4v) is 4.67. The Hall–Kier alpha value is -5.70. The number of aromatic nitrogens is 4. The Morgan fingerprint density at radius 2 is 1.81 bits per heavy atom. The number of amides is 3. The summed E-state index contributed by atoms with van der Waals surface area (Å²) in [6.07, 6.45) is 2.54. The minimum Gasteiger partial charge on any atom is -0.433 e. The summed E-state index contributed by atoms with van der Waals surface area (Å²) in [6.45, 7) is 1.00. The molecular formula is C28H20F3N7O5. The van der Waals surface area contributed by atoms with Crippen LogP contribution in [0.1, 0.15) is 21.6 Å². The van der Waals surface area contributed by atoms with Crippen LogP contribution in [0.4, 0.5) is 29.5 Å². The Morgan fingerprint density at radius 3 is 2.49 bits per heavy atom. The summed E-state index contributed by atoms with van der Waals surface area (Å²) in [5.74, 6) is -4.85. The highest BCUT2D eigenvalue weighted by Gasteiger charge is 2.40. The number of rotatable bonds is 7. The van der Waals surface area contributed by atoms with Crippen molar-refractivity contribution in [3.63, 3.8) is 0 Å². The minimum absolute atomic E-state index is 0.000270. The number of anilines is 2. The molecule has 0 unspecified atom stereocenters. The van der Waals surface area contributed by atoms with Gasteiger partial charge in [-0.1, -0.05) is 6.07 Å². The van der Waals surface area contributed by atoms with Gasteiger partial charge in [0.15, 0.2) is 11.6 Å². The van der Waals surface area contributed by atoms with Gasteiger partial charge in [-0.2, -0.15) is 5.10 Å². The van der Waals surface area contributed by atoms with E-state index in [1.54, 1.807) is 6.92 Å². The van der Waals surface area contributed by atoms with Crippen LogP contribution >= 0.6 is 0 Å². The second-order valence-electron chi connectivity index (χ2n) is 9.58. The van der Waals surface area contributed by atoms with Gasteiger partial charge in [-0.3, -0.25) is 9.59 Å². The molecule has 43 heavy (non-hydrogen) atoms. The number of nitrogens with two attached hydrogens (primary N) is 1. The molecule has 15 heteroatoms. The number of carbonyl (C=O) groups excluding carboxylic acids is 3. The van der Waals surface area contributed by atoms with E-state index in [1.807, 2.05) is 0 Å². The van der Waals surface area contributed by atoms with Crippen LogP contribution in [-0.2, 0) is 4.79 Å². The largest absolute Gasteiger partial charge is 0.433 e. The first-order valence-electron chi connectivity index (χ1n) is 12.6. The number of nitrogens with zero attached hydrogens (tertiary/aromatic N) is 4. The van der Waals surface area contributed by atoms with Crippen LogP contribution in [0.25, 0.3) is 16.6 Å². The van der Waals surface area contributed by atoms with Crippen LogP contribution in [0, 0.1) is 24.4 Å². The SMILES string of the molecule is Cc1cc(Oc2c(F)cccc2F)ncc1-n1ncc(C(=O)c2cc3cc(F)c(N4C(=O)N[C@H](CO)C4=O)cc3[nH]2)c1N. The highest BCUT2D eigenvalue weighted by Crippen LogP contribution is 2.31. The van der Waals surface area contributed by atoms with E-state index in [0.29, 0.717) is 16.2 Å². The molecule has 0 bridgehead atoms. The first-order chi connectivity index (χ1) is 20.6. The number of aromatic amines is 1. The van der Waals surface area contributed by atoms with Gasteiger partial charge in [0.1, 0.15) is 17.7 Å². The quantitative estimate of drug-likeness (QED) is 0.165. The van der Waals surface area contributed by atoms with Crippen molar-refractivity contribution in [2.24, 2.45) is 0 Å². The molecule has 1 saturated heterocycles. The van der Waals surface area contributed by atoms with Gasteiger partial charge < -0.3 is 25.9 Å². The molecule has 1 fully saturated rings. The zero-order valence-corrected chi connectivity index (χ0v) is 22.1. The third-order valence-corrected chi connectivity index (χ3v) is 6.84. The van der Waals surface area contributed by atoms with Crippen LogP contribution in [-0.4, -0.2) is 55.2 Å². The number of carbonyl (C=O) groups is 3. The summed E-state index contributed by atoms with van der Waals surface area (Å²) >= 11 is 0. The molecule has 0 saturated carbocycles. The van der Waals surface area contributed by atoms with Crippen LogP contribution < -0.4 is 20.7 Å². The van der Waals surface area contributed by atoms with Crippen molar-refractivity contribution in [3.05, 3.63) is 89.1 Å². The Labute approximate surface area is 239 Å². The first-order valence-corrected chi connectivity index (χ1v) is 12.6. The van der Waals surface area contributed by atoms with Crippen molar-refractivity contribution in [3.8, 4) is 17.3 Å². The lowest BCUT2D eigenvalue weighted by molar-refractivity contribution is -0.119. The van der Waals surface area contributed by atoms with Gasteiger partial charge in [0.25, 0.3) is 5.91 Å². The van der Waals surface area contributed by atoms with Gasteiger partial charge in [-0.05, 0) is 42.8 Å². The Kier molecular flexibility index (Phi) is 6.57. The molecule has 3 amide bonds. The number of imide groups is 1. The number of aliphatic hydroxyl groups is 1. The fraction of sp³-hybridized carbons (Fsp3) is 0.107. The summed E-state index contributed by atoms with van der Waals surface area (Å²) in [5, 5.41) is 16.0. The maximum Gasteiger partial charge on any atom is 0.329 e. The van der Waals surface area contributed by atoms with Crippen molar-refractivity contribution in [1.29, 1.82) is 0 Å². The molecule has 0 spiro atoms. The third-order valence-electron chi connectivity index (χ3n) is 6.84. The molecule has 5 N–H and O–H groups in total. The lowest BCUT2D eigenvalue weighted by atomic mass is 10.1. The van der Waals surface area contributed by atoms with Crippen molar-refractivity contribution in [1.82, 2.24) is 25.1 Å². The topological polar surface area (TPSA) is 168 Å². The predicted octanol–water partition coefficient (Wildman–Crippen LogP) is 3.50. The molecule has 4 heterocycles. The average molecular weight is 592 g/mol. The molecule has 12 nitrogen and oxygen atoms in total. The van der Waals surface area contributed by atoms with Crippen LogP contribution in [0.3, 0.4) is 0 Å². The smallest absolute Gasteiger partial charge is 0.329 e. The molecule has 5 aromatic rings. The van der Waals surface area contributed by atoms with Gasteiger partial charge in [-0.25, -0.2) is 32.5 Å². The van der Waals surface area contributed by atoms with E-state index in [2.05, 4.69) is 20.4 Å². The molecule has 0 aliphatic carbocycles. The first kappa shape index (κ1) is 27.5. The lowest BCUT2D eigenvalue weighted by Crippen LogP contribution is -2.33. The van der Waals surface area contributed by atoms with E-state index in [0.717, 1.165) is 18.2 Å². The number of ketones is 1. The van der Waals surface area contributed by atoms with E-state index < -0.39 is 53.6 Å². The predicted molar refractivity (Wildman–Crippen MR) is 146 cm³/mol. The third kappa shape index (κ3) is 4.61. The summed E-state index contributed by atoms with van der Waals surface area (Å²) in [6, 6.07) is 6.27. The zero-order valence-electron chi connectivity index (χ0n) is 22.1. The lowest BCUT2D eigenvalue weighted by Gasteiger charge is -2.13. The van der Waals surface area contributed by atoms with Crippen molar-refractivity contribution < 1.29 is 37.4 Å². The number of H-pyrrole nitrogens is 1. The summed E-state index contributed by atoms with van der Waals surface area (Å²) in [5.41, 5.74) is 7.05. The van der Waals surface area contributed by atoms with Crippen molar-refractivity contribution in [2.75, 3.05) is 17.2 Å². The Morgan fingerprint density at radius 1 is 1.07 bits per heavy atom. The van der Waals surface area contributed by atoms with Gasteiger partial charge >= 0.3 is 6.03 Å².